The van der Waals surface area contributed by atoms with Crippen molar-refractivity contribution in [1.29, 1.82) is 0 Å². The van der Waals surface area contributed by atoms with E-state index in [1.165, 1.54) is 0 Å². The van der Waals surface area contributed by atoms with Crippen LogP contribution in [-0.4, -0.2) is 17.0 Å². The second-order valence-corrected chi connectivity index (χ2v) is 6.95. The van der Waals surface area contributed by atoms with Gasteiger partial charge in [-0.1, -0.05) is 54.6 Å². The number of anilines is 1. The van der Waals surface area contributed by atoms with E-state index in [1.807, 2.05) is 54.6 Å². The first kappa shape index (κ1) is 15.8. The van der Waals surface area contributed by atoms with E-state index in [4.69, 9.17) is 0 Å². The van der Waals surface area contributed by atoms with Gasteiger partial charge in [0, 0.05) is 17.2 Å². The molecular formula is C22H17N2O3+. The standard InChI is InChI=1S/C22H16N2O3/c25-21-19-17-11-4-5-12-18(17)24(21,20(19)14-7-2-1-3-8-14)23-16-10-6-9-15(13-16)22(26)27/h1-13,19-20,23H/p+1. The van der Waals surface area contributed by atoms with E-state index in [0.29, 0.717) is 5.69 Å². The number of rotatable bonds is 4. The monoisotopic (exact) mass is 357 g/mol. The first-order valence-electron chi connectivity index (χ1n) is 8.82. The van der Waals surface area contributed by atoms with E-state index in [9.17, 15) is 14.7 Å². The van der Waals surface area contributed by atoms with Crippen LogP contribution in [-0.2, 0) is 4.79 Å². The van der Waals surface area contributed by atoms with Crippen molar-refractivity contribution in [3.63, 3.8) is 0 Å². The Kier molecular flexibility index (Phi) is 3.23. The van der Waals surface area contributed by atoms with Gasteiger partial charge in [0.1, 0.15) is 0 Å². The Labute approximate surface area is 156 Å². The fraction of sp³-hybridized carbons (Fsp3) is 0.0909. The SMILES string of the molecule is O=C(O)c1cccc(N[N+]23C(=O)C(c4ccccc42)C3c2ccccc2)c1. The highest BCUT2D eigenvalue weighted by atomic mass is 16.4. The number of β-lactam (4-membered cyclic amide) rings is 1. The summed E-state index contributed by atoms with van der Waals surface area (Å²) in [5, 5.41) is 9.28. The Morgan fingerprint density at radius 2 is 1.67 bits per heavy atom. The molecule has 1 saturated heterocycles. The molecular weight excluding hydrogens is 340 g/mol. The van der Waals surface area contributed by atoms with Crippen LogP contribution in [0.4, 0.5) is 11.4 Å². The third-order valence-electron chi connectivity index (χ3n) is 5.55. The van der Waals surface area contributed by atoms with Crippen molar-refractivity contribution in [3.05, 3.63) is 95.6 Å². The van der Waals surface area contributed by atoms with E-state index in [-0.39, 0.29) is 28.0 Å². The maximum atomic E-state index is 13.2. The average molecular weight is 357 g/mol. The molecule has 0 spiro atoms. The Balaban J connectivity index is 1.65. The average Bonchev–Trinajstić information content (AvgIpc) is 3.13. The molecule has 2 heterocycles. The number of fused-ring (bicyclic) bond motifs is 5. The number of carboxylic acid groups (broad SMARTS) is 1. The van der Waals surface area contributed by atoms with Gasteiger partial charge in [-0.3, -0.25) is 0 Å². The molecule has 2 N–H and O–H groups in total. The predicted octanol–water partition coefficient (Wildman–Crippen LogP) is 4.10. The minimum Gasteiger partial charge on any atom is -0.478 e. The van der Waals surface area contributed by atoms with Gasteiger partial charge in [0.05, 0.1) is 11.3 Å². The molecule has 3 unspecified atom stereocenters. The van der Waals surface area contributed by atoms with Crippen LogP contribution in [0.25, 0.3) is 0 Å². The van der Waals surface area contributed by atoms with E-state index >= 15 is 0 Å². The number of carboxylic acids is 1. The summed E-state index contributed by atoms with van der Waals surface area (Å²) in [5.74, 6) is -1.09. The third-order valence-corrected chi connectivity index (χ3v) is 5.55. The minimum absolute atomic E-state index is 0.00603. The van der Waals surface area contributed by atoms with Crippen molar-refractivity contribution in [3.8, 4) is 0 Å². The Hall–Kier alpha value is -3.44. The van der Waals surface area contributed by atoms with Gasteiger partial charge in [0.2, 0.25) is 0 Å². The van der Waals surface area contributed by atoms with Crippen LogP contribution in [0, 0.1) is 0 Å². The van der Waals surface area contributed by atoms with E-state index in [1.54, 1.807) is 24.3 Å². The van der Waals surface area contributed by atoms with Crippen molar-refractivity contribution >= 4 is 23.3 Å². The number of hydrogen-bond acceptors (Lipinski definition) is 3. The molecule has 1 fully saturated rings. The molecule has 0 radical (unpaired) electrons. The van der Waals surface area contributed by atoms with Crippen LogP contribution in [0.5, 0.6) is 0 Å². The molecule has 2 bridgehead atoms. The zero-order valence-corrected chi connectivity index (χ0v) is 14.4. The number of amides is 1. The molecule has 2 aliphatic heterocycles. The van der Waals surface area contributed by atoms with Gasteiger partial charge in [-0.2, -0.15) is 0 Å². The summed E-state index contributed by atoms with van der Waals surface area (Å²) in [4.78, 5) is 24.5. The number of benzene rings is 3. The lowest BCUT2D eigenvalue weighted by Crippen LogP contribution is -2.68. The van der Waals surface area contributed by atoms with E-state index in [2.05, 4.69) is 5.43 Å². The first-order valence-corrected chi connectivity index (χ1v) is 8.82. The molecule has 3 atom stereocenters. The van der Waals surface area contributed by atoms with Crippen molar-refractivity contribution < 1.29 is 14.7 Å². The zero-order valence-electron chi connectivity index (χ0n) is 14.4. The maximum absolute atomic E-state index is 13.2. The number of aromatic carboxylic acids is 1. The van der Waals surface area contributed by atoms with Crippen LogP contribution in [0.2, 0.25) is 0 Å². The summed E-state index contributed by atoms with van der Waals surface area (Å²) in [6.07, 6.45) is 0. The van der Waals surface area contributed by atoms with Gasteiger partial charge >= 0.3 is 11.9 Å². The Morgan fingerprint density at radius 3 is 2.44 bits per heavy atom. The number of carbonyl (C=O) groups is 2. The van der Waals surface area contributed by atoms with E-state index in [0.717, 1.165) is 16.8 Å². The largest absolute Gasteiger partial charge is 0.478 e. The van der Waals surface area contributed by atoms with Gasteiger partial charge in [-0.25, -0.2) is 15.0 Å². The summed E-state index contributed by atoms with van der Waals surface area (Å²) in [5.41, 5.74) is 7.21. The van der Waals surface area contributed by atoms with Gasteiger partial charge in [0.15, 0.2) is 17.6 Å². The highest BCUT2D eigenvalue weighted by molar-refractivity contribution is 6.09. The summed E-state index contributed by atoms with van der Waals surface area (Å²) in [6.45, 7) is 0. The molecule has 3 aromatic rings. The first-order chi connectivity index (χ1) is 13.1. The topological polar surface area (TPSA) is 66.4 Å². The highest BCUT2D eigenvalue weighted by Crippen LogP contribution is 2.63. The molecule has 5 nitrogen and oxygen atoms in total. The molecule has 5 rings (SSSR count). The second-order valence-electron chi connectivity index (χ2n) is 6.95. The van der Waals surface area contributed by atoms with Gasteiger partial charge < -0.3 is 5.11 Å². The lowest BCUT2D eigenvalue weighted by atomic mass is 9.83. The molecule has 132 valence electrons. The molecule has 27 heavy (non-hydrogen) atoms. The summed E-state index contributed by atoms with van der Waals surface area (Å²) in [6, 6.07) is 24.4. The number of nitrogens with zero attached hydrogens (tertiary/aromatic N) is 1. The third kappa shape index (κ3) is 2.03. The highest BCUT2D eigenvalue weighted by Gasteiger charge is 2.74. The van der Waals surface area contributed by atoms with Crippen LogP contribution >= 0.6 is 0 Å². The van der Waals surface area contributed by atoms with Crippen molar-refractivity contribution in [1.82, 2.24) is 4.59 Å². The van der Waals surface area contributed by atoms with Gasteiger partial charge in [-0.15, -0.1) is 4.59 Å². The molecule has 1 amide bonds. The van der Waals surface area contributed by atoms with Crippen molar-refractivity contribution in [2.45, 2.75) is 12.0 Å². The fourth-order valence-electron chi connectivity index (χ4n) is 4.45. The van der Waals surface area contributed by atoms with Crippen LogP contribution in [0.3, 0.4) is 0 Å². The number of nitrogens with one attached hydrogen (secondary N) is 1. The quantitative estimate of drug-likeness (QED) is 0.545. The van der Waals surface area contributed by atoms with E-state index < -0.39 is 5.97 Å². The normalized spacial score (nSPS) is 24.8. The van der Waals surface area contributed by atoms with Crippen molar-refractivity contribution in [2.75, 3.05) is 5.43 Å². The summed E-state index contributed by atoms with van der Waals surface area (Å²) < 4.78 is -0.00603. The Morgan fingerprint density at radius 1 is 0.926 bits per heavy atom. The lowest BCUT2D eigenvalue weighted by molar-refractivity contribution is -0.143. The number of carbonyl (C=O) groups excluding carboxylic acids is 1. The molecule has 3 aromatic carbocycles. The van der Waals surface area contributed by atoms with Gasteiger partial charge in [-0.05, 0) is 18.2 Å². The lowest BCUT2D eigenvalue weighted by Gasteiger charge is -2.45. The van der Waals surface area contributed by atoms with Gasteiger partial charge in [0.25, 0.3) is 0 Å². The summed E-state index contributed by atoms with van der Waals surface area (Å²) in [7, 11) is 0. The molecule has 0 saturated carbocycles. The predicted molar refractivity (Wildman–Crippen MR) is 102 cm³/mol. The van der Waals surface area contributed by atoms with Crippen LogP contribution < -0.4 is 10.0 Å². The molecule has 0 aromatic heterocycles. The zero-order chi connectivity index (χ0) is 18.6. The summed E-state index contributed by atoms with van der Waals surface area (Å²) >= 11 is 0. The maximum Gasteiger partial charge on any atom is 0.357 e. The smallest absolute Gasteiger partial charge is 0.357 e. The molecule has 2 aliphatic rings. The molecule has 5 heteroatoms. The Bertz CT molecular complexity index is 1080. The number of hydrogen-bond donors (Lipinski definition) is 2. The van der Waals surface area contributed by atoms with Crippen LogP contribution in [0.15, 0.2) is 78.9 Å². The second kappa shape index (κ2) is 5.53. The number of quaternary nitrogens is 1. The van der Waals surface area contributed by atoms with Crippen molar-refractivity contribution in [2.24, 2.45) is 0 Å². The minimum atomic E-state index is -0.993. The number of para-hydroxylation sites is 1. The fourth-order valence-corrected chi connectivity index (χ4v) is 4.45. The molecule has 0 aliphatic carbocycles. The van der Waals surface area contributed by atoms with Crippen LogP contribution in [0.1, 0.15) is 33.4 Å².